The van der Waals surface area contributed by atoms with Gasteiger partial charge in [0.2, 0.25) is 11.1 Å². The molecule has 2 atom stereocenters. The fourth-order valence-corrected chi connectivity index (χ4v) is 5.53. The second kappa shape index (κ2) is 7.89. The molecular weight excluding hydrogens is 388 g/mol. The van der Waals surface area contributed by atoms with Crippen molar-refractivity contribution in [2.75, 3.05) is 25.7 Å². The quantitative estimate of drug-likeness (QED) is 0.721. The number of methoxy groups -OCH3 is 1. The molecule has 1 amide bonds. The first-order chi connectivity index (χ1) is 12.8. The Morgan fingerprint density at radius 2 is 2.07 bits per heavy atom. The third-order valence-corrected chi connectivity index (χ3v) is 7.26. The number of rotatable bonds is 6. The Labute approximate surface area is 162 Å². The van der Waals surface area contributed by atoms with Crippen molar-refractivity contribution >= 4 is 27.5 Å². The number of aromatic nitrogens is 3. The van der Waals surface area contributed by atoms with E-state index in [0.29, 0.717) is 17.4 Å². The van der Waals surface area contributed by atoms with Crippen LogP contribution in [0.3, 0.4) is 0 Å². The number of hydrogen-bond acceptors (Lipinski definition) is 7. The minimum Gasteiger partial charge on any atom is -0.497 e. The van der Waals surface area contributed by atoms with Gasteiger partial charge in [0.25, 0.3) is 0 Å². The third kappa shape index (κ3) is 4.62. The summed E-state index contributed by atoms with van der Waals surface area (Å²) >= 11 is 1.24. The van der Waals surface area contributed by atoms with E-state index in [-0.39, 0.29) is 23.5 Å². The largest absolute Gasteiger partial charge is 0.497 e. The van der Waals surface area contributed by atoms with E-state index in [1.807, 2.05) is 24.3 Å². The van der Waals surface area contributed by atoms with Gasteiger partial charge in [-0.1, -0.05) is 11.8 Å². The first-order valence-electron chi connectivity index (χ1n) is 8.49. The van der Waals surface area contributed by atoms with Crippen LogP contribution in [0.4, 0.5) is 0 Å². The van der Waals surface area contributed by atoms with Crippen LogP contribution in [0.2, 0.25) is 0 Å². The first-order valence-corrected chi connectivity index (χ1v) is 11.2. The van der Waals surface area contributed by atoms with Crippen LogP contribution >= 0.6 is 11.8 Å². The van der Waals surface area contributed by atoms with Crippen molar-refractivity contribution in [1.29, 1.82) is 0 Å². The summed E-state index contributed by atoms with van der Waals surface area (Å²) in [5.74, 6) is 1.41. The van der Waals surface area contributed by atoms with Gasteiger partial charge in [-0.25, -0.2) is 13.4 Å². The number of thioether (sulfide) groups is 1. The number of ether oxygens (including phenoxy) is 1. The summed E-state index contributed by atoms with van der Waals surface area (Å²) in [7, 11) is 0.234. The van der Waals surface area contributed by atoms with Crippen molar-refractivity contribution < 1.29 is 17.9 Å². The molecule has 0 aliphatic carbocycles. The van der Waals surface area contributed by atoms with E-state index >= 15 is 0 Å². The highest BCUT2D eigenvalue weighted by atomic mass is 32.2. The Morgan fingerprint density at radius 3 is 2.67 bits per heavy atom. The number of aromatic amines is 1. The molecule has 3 rings (SSSR count). The van der Waals surface area contributed by atoms with Gasteiger partial charge in [-0.2, -0.15) is 0 Å². The van der Waals surface area contributed by atoms with Crippen LogP contribution in [0.1, 0.15) is 13.3 Å². The van der Waals surface area contributed by atoms with Crippen LogP contribution in [0, 0.1) is 0 Å². The van der Waals surface area contributed by atoms with Crippen molar-refractivity contribution in [2.45, 2.75) is 29.8 Å². The summed E-state index contributed by atoms with van der Waals surface area (Å²) in [4.78, 5) is 18.6. The molecule has 1 N–H and O–H groups in total. The van der Waals surface area contributed by atoms with Gasteiger partial charge in [0.1, 0.15) is 5.75 Å². The molecule has 0 unspecified atom stereocenters. The molecule has 1 aromatic heterocycles. The lowest BCUT2D eigenvalue weighted by Gasteiger charge is -2.25. The number of hydrogen-bond donors (Lipinski definition) is 1. The van der Waals surface area contributed by atoms with Gasteiger partial charge in [-0.3, -0.25) is 9.89 Å². The SMILES string of the molecule is COc1ccc(-c2nc(S[C@H](C)C(=O)N(C)[C@H]3CCS(=O)(=O)C3)n[nH]2)cc1. The van der Waals surface area contributed by atoms with E-state index < -0.39 is 15.1 Å². The maximum Gasteiger partial charge on any atom is 0.235 e. The van der Waals surface area contributed by atoms with Crippen molar-refractivity contribution in [1.82, 2.24) is 20.1 Å². The van der Waals surface area contributed by atoms with E-state index in [1.54, 1.807) is 26.0 Å². The van der Waals surface area contributed by atoms with E-state index in [9.17, 15) is 13.2 Å². The maximum absolute atomic E-state index is 12.6. The Hall–Kier alpha value is -2.07. The molecule has 0 radical (unpaired) electrons. The van der Waals surface area contributed by atoms with Crippen molar-refractivity contribution in [3.63, 3.8) is 0 Å². The fraction of sp³-hybridized carbons (Fsp3) is 0.471. The second-order valence-corrected chi connectivity index (χ2v) is 10.00. The number of nitrogens with zero attached hydrogens (tertiary/aromatic N) is 3. The zero-order valence-corrected chi connectivity index (χ0v) is 17.0. The van der Waals surface area contributed by atoms with Crippen molar-refractivity contribution in [3.8, 4) is 17.1 Å². The lowest BCUT2D eigenvalue weighted by molar-refractivity contribution is -0.130. The van der Waals surface area contributed by atoms with Gasteiger partial charge in [-0.15, -0.1) is 5.10 Å². The average Bonchev–Trinajstić information content (AvgIpc) is 3.26. The number of carbonyl (C=O) groups excluding carboxylic acids is 1. The second-order valence-electron chi connectivity index (χ2n) is 6.46. The highest BCUT2D eigenvalue weighted by molar-refractivity contribution is 8.00. The van der Waals surface area contributed by atoms with E-state index in [1.165, 1.54) is 11.8 Å². The van der Waals surface area contributed by atoms with Crippen LogP contribution in [-0.4, -0.2) is 71.4 Å². The summed E-state index contributed by atoms with van der Waals surface area (Å²) in [6.07, 6.45) is 0.490. The summed E-state index contributed by atoms with van der Waals surface area (Å²) in [6.45, 7) is 1.77. The molecule has 8 nitrogen and oxygen atoms in total. The van der Waals surface area contributed by atoms with E-state index in [0.717, 1.165) is 11.3 Å². The fourth-order valence-electron chi connectivity index (χ4n) is 2.93. The molecule has 0 spiro atoms. The van der Waals surface area contributed by atoms with Crippen LogP contribution in [0.5, 0.6) is 5.75 Å². The monoisotopic (exact) mass is 410 g/mol. The molecule has 1 aliphatic rings. The summed E-state index contributed by atoms with van der Waals surface area (Å²) in [5, 5.41) is 7.09. The average molecular weight is 411 g/mol. The van der Waals surface area contributed by atoms with E-state index in [4.69, 9.17) is 4.74 Å². The smallest absolute Gasteiger partial charge is 0.235 e. The van der Waals surface area contributed by atoms with Crippen molar-refractivity contribution in [3.05, 3.63) is 24.3 Å². The van der Waals surface area contributed by atoms with E-state index in [2.05, 4.69) is 15.2 Å². The van der Waals surface area contributed by atoms with Crippen LogP contribution in [0.15, 0.2) is 29.4 Å². The molecule has 27 heavy (non-hydrogen) atoms. The highest BCUT2D eigenvalue weighted by Crippen LogP contribution is 2.26. The molecular formula is C17H22N4O4S2. The van der Waals surface area contributed by atoms with Crippen LogP contribution in [-0.2, 0) is 14.6 Å². The van der Waals surface area contributed by atoms with Gasteiger partial charge in [0.05, 0.1) is 23.9 Å². The molecule has 1 aromatic carbocycles. The molecule has 2 heterocycles. The molecule has 1 fully saturated rings. The number of sulfone groups is 1. The van der Waals surface area contributed by atoms with Gasteiger partial charge in [-0.05, 0) is 37.6 Å². The molecule has 0 saturated carbocycles. The number of H-pyrrole nitrogens is 1. The van der Waals surface area contributed by atoms with Gasteiger partial charge in [0, 0.05) is 18.7 Å². The molecule has 146 valence electrons. The Bertz CT molecular complexity index is 911. The van der Waals surface area contributed by atoms with Crippen LogP contribution in [0.25, 0.3) is 11.4 Å². The highest BCUT2D eigenvalue weighted by Gasteiger charge is 2.34. The van der Waals surface area contributed by atoms with Gasteiger partial charge < -0.3 is 9.64 Å². The molecule has 1 aliphatic heterocycles. The third-order valence-electron chi connectivity index (χ3n) is 4.56. The first kappa shape index (κ1) is 19.7. The predicted molar refractivity (Wildman–Crippen MR) is 104 cm³/mol. The summed E-state index contributed by atoms with van der Waals surface area (Å²) in [5.41, 5.74) is 0.863. The number of nitrogens with one attached hydrogen (secondary N) is 1. The Balaban J connectivity index is 1.63. The maximum atomic E-state index is 12.6. The number of benzene rings is 1. The number of amides is 1. The molecule has 0 bridgehead atoms. The Kier molecular flexibility index (Phi) is 5.75. The lowest BCUT2D eigenvalue weighted by atomic mass is 10.2. The standard InChI is InChI=1S/C17H22N4O4S2/c1-11(16(22)21(2)13-8-9-27(23,24)10-13)26-17-18-15(19-20-17)12-4-6-14(25-3)7-5-12/h4-7,11,13H,8-10H2,1-3H3,(H,18,19,20)/t11-,13+/m1/s1. The zero-order valence-electron chi connectivity index (χ0n) is 15.4. The molecule has 1 saturated heterocycles. The normalized spacial score (nSPS) is 19.6. The number of carbonyl (C=O) groups is 1. The predicted octanol–water partition coefficient (Wildman–Crippen LogP) is 1.61. The summed E-state index contributed by atoms with van der Waals surface area (Å²) < 4.78 is 28.4. The van der Waals surface area contributed by atoms with Crippen molar-refractivity contribution in [2.24, 2.45) is 0 Å². The lowest BCUT2D eigenvalue weighted by Crippen LogP contribution is -2.41. The molecule has 2 aromatic rings. The topological polar surface area (TPSA) is 105 Å². The molecule has 10 heteroatoms. The van der Waals surface area contributed by atoms with Crippen LogP contribution < -0.4 is 4.74 Å². The minimum atomic E-state index is -3.03. The Morgan fingerprint density at radius 1 is 1.37 bits per heavy atom. The van der Waals surface area contributed by atoms with Gasteiger partial charge in [0.15, 0.2) is 15.7 Å². The zero-order chi connectivity index (χ0) is 19.6. The summed E-state index contributed by atoms with van der Waals surface area (Å²) in [6, 6.07) is 7.16. The van der Waals surface area contributed by atoms with Gasteiger partial charge >= 0.3 is 0 Å². The minimum absolute atomic E-state index is 0.0366.